The molecule has 0 heterocycles. The van der Waals surface area contributed by atoms with Gasteiger partial charge in [0.2, 0.25) is 0 Å². The van der Waals surface area contributed by atoms with Gasteiger partial charge in [0, 0.05) is 6.08 Å². The second-order valence-corrected chi connectivity index (χ2v) is 4.18. The third kappa shape index (κ3) is 3.16. The van der Waals surface area contributed by atoms with Gasteiger partial charge in [-0.05, 0) is 6.92 Å². The zero-order chi connectivity index (χ0) is 13.9. The summed E-state index contributed by atoms with van der Waals surface area (Å²) in [6, 6.07) is 0. The van der Waals surface area contributed by atoms with Crippen molar-refractivity contribution in [2.75, 3.05) is 6.61 Å². The molecule has 17 heavy (non-hydrogen) atoms. The summed E-state index contributed by atoms with van der Waals surface area (Å²) in [4.78, 5) is 10.4. The van der Waals surface area contributed by atoms with E-state index in [1.165, 1.54) is 0 Å². The molecule has 0 aliphatic heterocycles. The van der Waals surface area contributed by atoms with E-state index in [0.29, 0.717) is 0 Å². The van der Waals surface area contributed by atoms with Crippen LogP contribution in [0.5, 0.6) is 0 Å². The topological polar surface area (TPSA) is 69.7 Å². The lowest BCUT2D eigenvalue weighted by molar-refractivity contribution is -0.299. The highest BCUT2D eigenvalue weighted by molar-refractivity contribution is 7.87. The van der Waals surface area contributed by atoms with Gasteiger partial charge in [-0.2, -0.15) is 26.0 Å². The van der Waals surface area contributed by atoms with Crippen LogP contribution in [-0.2, 0) is 23.8 Å². The standard InChI is InChI=1S/C7H8F4O5S/c1-3-5(12)16-6(8,9)7(10,11)17(13,14)15-4-2/h3H,1,4H2,2H3. The SMILES string of the molecule is C=CC(=O)OC(F)(F)C(F)(F)S(=O)(=O)OCC. The summed E-state index contributed by atoms with van der Waals surface area (Å²) >= 11 is 0. The van der Waals surface area contributed by atoms with Crippen LogP contribution in [-0.4, -0.2) is 32.4 Å². The maximum absolute atomic E-state index is 12.9. The van der Waals surface area contributed by atoms with Crippen molar-refractivity contribution in [3.63, 3.8) is 0 Å². The lowest BCUT2D eigenvalue weighted by Gasteiger charge is -2.23. The molecule has 0 N–H and O–H groups in total. The summed E-state index contributed by atoms with van der Waals surface area (Å²) in [6.45, 7) is 2.92. The number of hydrogen-bond acceptors (Lipinski definition) is 5. The van der Waals surface area contributed by atoms with Crippen molar-refractivity contribution in [1.29, 1.82) is 0 Å². The molecule has 5 nitrogen and oxygen atoms in total. The van der Waals surface area contributed by atoms with Crippen molar-refractivity contribution >= 4 is 16.1 Å². The molecule has 100 valence electrons. The summed E-state index contributed by atoms with van der Waals surface area (Å²) < 4.78 is 79.2. The molecule has 0 radical (unpaired) electrons. The number of carbonyl (C=O) groups excluding carboxylic acids is 1. The van der Waals surface area contributed by atoms with E-state index in [1.54, 1.807) is 0 Å². The summed E-state index contributed by atoms with van der Waals surface area (Å²) in [6.07, 6.45) is -5.39. The molecule has 10 heteroatoms. The Morgan fingerprint density at radius 1 is 1.35 bits per heavy atom. The van der Waals surface area contributed by atoms with Crippen LogP contribution in [0.2, 0.25) is 0 Å². The van der Waals surface area contributed by atoms with E-state index in [0.717, 1.165) is 6.92 Å². The molecule has 0 aromatic rings. The Hall–Kier alpha value is -1.16. The van der Waals surface area contributed by atoms with E-state index >= 15 is 0 Å². The van der Waals surface area contributed by atoms with Gasteiger partial charge in [0.05, 0.1) is 6.61 Å². The number of alkyl halides is 4. The first kappa shape index (κ1) is 15.8. The lowest BCUT2D eigenvalue weighted by Crippen LogP contribution is -2.50. The fraction of sp³-hybridized carbons (Fsp3) is 0.571. The molecule has 0 spiro atoms. The van der Waals surface area contributed by atoms with Gasteiger partial charge in [-0.1, -0.05) is 6.58 Å². The van der Waals surface area contributed by atoms with Crippen molar-refractivity contribution in [2.24, 2.45) is 0 Å². The Bertz CT molecular complexity index is 402. The highest BCUT2D eigenvalue weighted by atomic mass is 32.2. The van der Waals surface area contributed by atoms with Gasteiger partial charge < -0.3 is 4.74 Å². The predicted octanol–water partition coefficient (Wildman–Crippen LogP) is 1.27. The van der Waals surface area contributed by atoms with Crippen LogP contribution in [0.4, 0.5) is 17.6 Å². The van der Waals surface area contributed by atoms with E-state index in [1.807, 2.05) is 0 Å². The minimum atomic E-state index is -5.92. The average molecular weight is 280 g/mol. The molecule has 0 aliphatic carbocycles. The van der Waals surface area contributed by atoms with E-state index in [4.69, 9.17) is 0 Å². The van der Waals surface area contributed by atoms with Gasteiger partial charge >= 0.3 is 27.5 Å². The highest BCUT2D eigenvalue weighted by Crippen LogP contribution is 2.40. The molecule has 0 fully saturated rings. The zero-order valence-corrected chi connectivity index (χ0v) is 9.27. The van der Waals surface area contributed by atoms with E-state index in [-0.39, 0.29) is 6.08 Å². The summed E-state index contributed by atoms with van der Waals surface area (Å²) in [5.74, 6) is -1.90. The van der Waals surface area contributed by atoms with E-state index in [2.05, 4.69) is 15.5 Å². The molecule has 0 aliphatic rings. The molecule has 0 amide bonds. The first-order chi connectivity index (χ1) is 7.52. The van der Waals surface area contributed by atoms with Crippen LogP contribution in [0.1, 0.15) is 6.92 Å². The molecule has 0 rings (SSSR count). The van der Waals surface area contributed by atoms with Crippen LogP contribution >= 0.6 is 0 Å². The van der Waals surface area contributed by atoms with Crippen LogP contribution in [0.25, 0.3) is 0 Å². The monoisotopic (exact) mass is 280 g/mol. The Morgan fingerprint density at radius 3 is 2.18 bits per heavy atom. The summed E-state index contributed by atoms with van der Waals surface area (Å²) in [5.41, 5.74) is 0. The van der Waals surface area contributed by atoms with Gasteiger partial charge in [-0.25, -0.2) is 4.79 Å². The number of carbonyl (C=O) groups is 1. The van der Waals surface area contributed by atoms with E-state index in [9.17, 15) is 30.8 Å². The average Bonchev–Trinajstić information content (AvgIpc) is 2.16. The van der Waals surface area contributed by atoms with E-state index < -0.39 is 34.1 Å². The smallest absolute Gasteiger partial charge is 0.392 e. The van der Waals surface area contributed by atoms with Crippen LogP contribution in [0.3, 0.4) is 0 Å². The molecular formula is C7H8F4O5S. The minimum absolute atomic E-state index is 0.178. The van der Waals surface area contributed by atoms with Crippen molar-refractivity contribution < 1.29 is 39.7 Å². The van der Waals surface area contributed by atoms with Crippen LogP contribution < -0.4 is 0 Å². The third-order valence-electron chi connectivity index (χ3n) is 1.32. The summed E-state index contributed by atoms with van der Waals surface area (Å²) in [5, 5.41) is -5.70. The van der Waals surface area contributed by atoms with Gasteiger partial charge in [0.1, 0.15) is 0 Å². The lowest BCUT2D eigenvalue weighted by atomic mass is 10.6. The first-order valence-corrected chi connectivity index (χ1v) is 5.42. The Balaban J connectivity index is 5.29. The number of rotatable bonds is 6. The third-order valence-corrected chi connectivity index (χ3v) is 2.73. The maximum atomic E-state index is 12.9. The number of halogens is 4. The Labute approximate surface area is 94.1 Å². The Morgan fingerprint density at radius 2 is 1.82 bits per heavy atom. The molecule has 0 saturated carbocycles. The van der Waals surface area contributed by atoms with Gasteiger partial charge in [0.15, 0.2) is 0 Å². The Kier molecular flexibility index (Phi) is 4.66. The normalized spacial score (nSPS) is 13.2. The predicted molar refractivity (Wildman–Crippen MR) is 46.7 cm³/mol. The van der Waals surface area contributed by atoms with Crippen molar-refractivity contribution in [3.05, 3.63) is 12.7 Å². The van der Waals surface area contributed by atoms with Crippen molar-refractivity contribution in [2.45, 2.75) is 18.3 Å². The first-order valence-electron chi connectivity index (χ1n) is 4.02. The quantitative estimate of drug-likeness (QED) is 0.317. The second-order valence-electron chi connectivity index (χ2n) is 2.52. The van der Waals surface area contributed by atoms with Gasteiger partial charge in [-0.3, -0.25) is 4.18 Å². The molecule has 0 aromatic heterocycles. The molecule has 0 bridgehead atoms. The highest BCUT2D eigenvalue weighted by Gasteiger charge is 2.70. The largest absolute Gasteiger partial charge is 0.485 e. The molecular weight excluding hydrogens is 272 g/mol. The minimum Gasteiger partial charge on any atom is -0.392 e. The fourth-order valence-corrected chi connectivity index (χ4v) is 1.39. The molecule has 0 atom stereocenters. The summed E-state index contributed by atoms with van der Waals surface area (Å²) in [7, 11) is -5.92. The molecule has 0 aromatic carbocycles. The maximum Gasteiger partial charge on any atom is 0.485 e. The van der Waals surface area contributed by atoms with Crippen LogP contribution in [0, 0.1) is 0 Å². The van der Waals surface area contributed by atoms with Crippen LogP contribution in [0.15, 0.2) is 12.7 Å². The van der Waals surface area contributed by atoms with Crippen molar-refractivity contribution in [3.8, 4) is 0 Å². The van der Waals surface area contributed by atoms with Crippen molar-refractivity contribution in [1.82, 2.24) is 0 Å². The number of hydrogen-bond donors (Lipinski definition) is 0. The second kappa shape index (κ2) is 5.00. The number of ether oxygens (including phenoxy) is 1. The molecule has 0 saturated heterocycles. The van der Waals surface area contributed by atoms with Gasteiger partial charge in [-0.15, -0.1) is 0 Å². The zero-order valence-electron chi connectivity index (χ0n) is 8.45. The number of esters is 1. The fourth-order valence-electron chi connectivity index (χ4n) is 0.602. The molecule has 0 unspecified atom stereocenters. The van der Waals surface area contributed by atoms with Gasteiger partial charge in [0.25, 0.3) is 0 Å².